The number of benzene rings is 1. The molecule has 2 aromatic heterocycles. The second-order valence-corrected chi connectivity index (χ2v) is 7.46. The van der Waals surface area contributed by atoms with E-state index < -0.39 is 0 Å². The van der Waals surface area contributed by atoms with Crippen LogP contribution in [-0.4, -0.2) is 39.8 Å². The van der Waals surface area contributed by atoms with Gasteiger partial charge >= 0.3 is 0 Å². The summed E-state index contributed by atoms with van der Waals surface area (Å²) in [7, 11) is 1.87. The molecule has 2 N–H and O–H groups in total. The van der Waals surface area contributed by atoms with Crippen molar-refractivity contribution >= 4 is 5.91 Å². The van der Waals surface area contributed by atoms with Gasteiger partial charge in [0.1, 0.15) is 11.5 Å². The molecule has 150 valence electrons. The van der Waals surface area contributed by atoms with E-state index in [0.29, 0.717) is 12.2 Å². The van der Waals surface area contributed by atoms with Crippen molar-refractivity contribution in [1.29, 1.82) is 0 Å². The summed E-state index contributed by atoms with van der Waals surface area (Å²) in [5.41, 5.74) is 3.96. The fourth-order valence-electron chi connectivity index (χ4n) is 3.99. The van der Waals surface area contributed by atoms with Crippen molar-refractivity contribution in [3.8, 4) is 11.3 Å². The van der Waals surface area contributed by atoms with Gasteiger partial charge in [0.2, 0.25) is 0 Å². The van der Waals surface area contributed by atoms with Crippen LogP contribution in [0.5, 0.6) is 0 Å². The lowest BCUT2D eigenvalue weighted by Gasteiger charge is -2.33. The van der Waals surface area contributed by atoms with Crippen LogP contribution in [0.2, 0.25) is 0 Å². The van der Waals surface area contributed by atoms with E-state index in [1.165, 1.54) is 6.07 Å². The van der Waals surface area contributed by atoms with E-state index in [0.717, 1.165) is 35.3 Å². The smallest absolute Gasteiger partial charge is 0.270 e. The molecule has 6 nitrogen and oxygen atoms in total. The van der Waals surface area contributed by atoms with Crippen molar-refractivity contribution < 1.29 is 9.18 Å². The van der Waals surface area contributed by atoms with Gasteiger partial charge in [-0.05, 0) is 55.3 Å². The molecular formula is C22H24FN5O. The number of amides is 1. The molecule has 1 amide bonds. The minimum Gasteiger partial charge on any atom is -0.346 e. The Balaban J connectivity index is 1.54. The Hall–Kier alpha value is -3.06. The van der Waals surface area contributed by atoms with E-state index in [4.69, 9.17) is 0 Å². The third-order valence-corrected chi connectivity index (χ3v) is 5.49. The highest BCUT2D eigenvalue weighted by molar-refractivity contribution is 5.94. The van der Waals surface area contributed by atoms with Crippen molar-refractivity contribution in [2.24, 2.45) is 7.05 Å². The van der Waals surface area contributed by atoms with E-state index in [1.54, 1.807) is 29.2 Å². The molecule has 3 heterocycles. The molecule has 1 aliphatic rings. The van der Waals surface area contributed by atoms with Crippen LogP contribution in [0.3, 0.4) is 0 Å². The summed E-state index contributed by atoms with van der Waals surface area (Å²) >= 11 is 0. The average molecular weight is 393 g/mol. The fraction of sp³-hybridized carbons (Fsp3) is 0.318. The topological polar surface area (TPSA) is 71.8 Å². The molecule has 0 spiro atoms. The first-order chi connectivity index (χ1) is 14.0. The van der Waals surface area contributed by atoms with Gasteiger partial charge in [0.05, 0.1) is 5.69 Å². The fourth-order valence-corrected chi connectivity index (χ4v) is 3.99. The normalized spacial score (nSPS) is 19.1. The summed E-state index contributed by atoms with van der Waals surface area (Å²) in [6.07, 6.45) is 4.26. The predicted octanol–water partition coefficient (Wildman–Crippen LogP) is 2.81. The number of hydrogen-bond acceptors (Lipinski definition) is 4. The second-order valence-electron chi connectivity index (χ2n) is 7.46. The Kier molecular flexibility index (Phi) is 5.40. The van der Waals surface area contributed by atoms with Gasteiger partial charge in [-0.2, -0.15) is 5.10 Å². The van der Waals surface area contributed by atoms with E-state index >= 15 is 0 Å². The standard InChI is InChI=1S/C22H24FN5O/c1-14-10-16(20-7-9-26-28(20)2)12-25-21(14)22(29)27-19-13-24-8-6-18(19)15-4-3-5-17(23)11-15/h3-5,7,9-12,18-19,24H,6,8,13H2,1-2H3,(H,27,29)/t18-,19+/m0/s1. The lowest BCUT2D eigenvalue weighted by molar-refractivity contribution is 0.0918. The Morgan fingerprint density at radius 2 is 2.17 bits per heavy atom. The molecule has 3 aromatic rings. The van der Waals surface area contributed by atoms with Gasteiger partial charge in [-0.1, -0.05) is 12.1 Å². The zero-order valence-electron chi connectivity index (χ0n) is 16.5. The molecule has 4 rings (SSSR count). The van der Waals surface area contributed by atoms with Crippen molar-refractivity contribution in [2.75, 3.05) is 13.1 Å². The van der Waals surface area contributed by atoms with Crippen LogP contribution in [0.25, 0.3) is 11.3 Å². The van der Waals surface area contributed by atoms with Gasteiger partial charge in [-0.15, -0.1) is 0 Å². The maximum atomic E-state index is 13.7. The molecule has 0 aliphatic carbocycles. The van der Waals surface area contributed by atoms with E-state index in [-0.39, 0.29) is 23.7 Å². The summed E-state index contributed by atoms with van der Waals surface area (Å²) in [4.78, 5) is 17.4. The van der Waals surface area contributed by atoms with Gasteiger partial charge in [-0.3, -0.25) is 14.5 Å². The van der Waals surface area contributed by atoms with Gasteiger partial charge in [0, 0.05) is 43.5 Å². The average Bonchev–Trinajstić information content (AvgIpc) is 3.14. The third kappa shape index (κ3) is 4.05. The van der Waals surface area contributed by atoms with Crippen molar-refractivity contribution in [1.82, 2.24) is 25.4 Å². The SMILES string of the molecule is Cc1cc(-c2ccnn2C)cnc1C(=O)N[C@@H]1CNCC[C@H]1c1cccc(F)c1. The molecular weight excluding hydrogens is 369 g/mol. The molecule has 7 heteroatoms. The van der Waals surface area contributed by atoms with Crippen molar-refractivity contribution in [2.45, 2.75) is 25.3 Å². The van der Waals surface area contributed by atoms with Crippen LogP contribution >= 0.6 is 0 Å². The molecule has 1 aromatic carbocycles. The first-order valence-electron chi connectivity index (χ1n) is 9.75. The van der Waals surface area contributed by atoms with E-state index in [1.807, 2.05) is 32.2 Å². The molecule has 29 heavy (non-hydrogen) atoms. The lowest BCUT2D eigenvalue weighted by atomic mass is 9.86. The largest absolute Gasteiger partial charge is 0.346 e. The highest BCUT2D eigenvalue weighted by Gasteiger charge is 2.29. The van der Waals surface area contributed by atoms with Gasteiger partial charge in [0.25, 0.3) is 5.91 Å². The Morgan fingerprint density at radius 3 is 2.90 bits per heavy atom. The molecule has 0 saturated carbocycles. The number of carbonyl (C=O) groups excluding carboxylic acids is 1. The maximum absolute atomic E-state index is 13.7. The third-order valence-electron chi connectivity index (χ3n) is 5.49. The quantitative estimate of drug-likeness (QED) is 0.715. The zero-order chi connectivity index (χ0) is 20.4. The monoisotopic (exact) mass is 393 g/mol. The minimum absolute atomic E-state index is 0.0601. The summed E-state index contributed by atoms with van der Waals surface area (Å²) in [6.45, 7) is 3.36. The number of aromatic nitrogens is 3. The number of halogens is 1. The summed E-state index contributed by atoms with van der Waals surface area (Å²) < 4.78 is 15.5. The summed E-state index contributed by atoms with van der Waals surface area (Å²) in [6, 6.07) is 10.4. The van der Waals surface area contributed by atoms with Crippen molar-refractivity contribution in [3.05, 3.63) is 71.4 Å². The lowest BCUT2D eigenvalue weighted by Crippen LogP contribution is -2.50. The number of pyridine rings is 1. The number of aryl methyl sites for hydroxylation is 2. The first kappa shape index (κ1) is 19.3. The molecule has 1 fully saturated rings. The van der Waals surface area contributed by atoms with Gasteiger partial charge in [-0.25, -0.2) is 4.39 Å². The molecule has 1 aliphatic heterocycles. The minimum atomic E-state index is -0.255. The molecule has 2 atom stereocenters. The molecule has 0 radical (unpaired) electrons. The van der Waals surface area contributed by atoms with Crippen LogP contribution in [0.15, 0.2) is 48.8 Å². The molecule has 0 bridgehead atoms. The number of hydrogen-bond donors (Lipinski definition) is 2. The predicted molar refractivity (Wildman–Crippen MR) is 109 cm³/mol. The number of nitrogens with zero attached hydrogens (tertiary/aromatic N) is 3. The summed E-state index contributed by atoms with van der Waals surface area (Å²) in [5.74, 6) is -0.409. The van der Waals surface area contributed by atoms with E-state index in [9.17, 15) is 9.18 Å². The molecule has 0 unspecified atom stereocenters. The number of rotatable bonds is 4. The zero-order valence-corrected chi connectivity index (χ0v) is 16.5. The number of nitrogens with one attached hydrogen (secondary N) is 2. The van der Waals surface area contributed by atoms with Crippen LogP contribution in [0.4, 0.5) is 4.39 Å². The van der Waals surface area contributed by atoms with Crippen LogP contribution in [-0.2, 0) is 7.05 Å². The van der Waals surface area contributed by atoms with Gasteiger partial charge in [0.15, 0.2) is 0 Å². The van der Waals surface area contributed by atoms with Crippen LogP contribution in [0, 0.1) is 12.7 Å². The van der Waals surface area contributed by atoms with Crippen LogP contribution in [0.1, 0.15) is 34.0 Å². The van der Waals surface area contributed by atoms with Crippen LogP contribution < -0.4 is 10.6 Å². The molecule has 1 saturated heterocycles. The second kappa shape index (κ2) is 8.13. The highest BCUT2D eigenvalue weighted by atomic mass is 19.1. The van der Waals surface area contributed by atoms with Gasteiger partial charge < -0.3 is 10.6 Å². The number of piperidine rings is 1. The number of carbonyl (C=O) groups is 1. The van der Waals surface area contributed by atoms with Crippen molar-refractivity contribution in [3.63, 3.8) is 0 Å². The Bertz CT molecular complexity index is 1030. The summed E-state index contributed by atoms with van der Waals surface area (Å²) in [5, 5.41) is 10.6. The Labute approximate surface area is 169 Å². The Morgan fingerprint density at radius 1 is 1.31 bits per heavy atom. The first-order valence-corrected chi connectivity index (χ1v) is 9.75. The van der Waals surface area contributed by atoms with E-state index in [2.05, 4.69) is 20.7 Å². The maximum Gasteiger partial charge on any atom is 0.270 e. The highest BCUT2D eigenvalue weighted by Crippen LogP contribution is 2.27.